The molecule has 13 aromatic rings. The molecule has 0 saturated heterocycles. The van der Waals surface area contributed by atoms with E-state index in [0.717, 1.165) is 78.0 Å². The van der Waals surface area contributed by atoms with Crippen LogP contribution in [0.25, 0.3) is 85.6 Å². The lowest BCUT2D eigenvalue weighted by Crippen LogP contribution is -2.11. The molecule has 3 aromatic heterocycles. The van der Waals surface area contributed by atoms with E-state index in [-0.39, 0.29) is 0 Å². The highest BCUT2D eigenvalue weighted by atomic mass is 32.1. The topological polar surface area (TPSA) is 32.8 Å². The minimum absolute atomic E-state index is 0.415. The maximum atomic E-state index is 6.79. The Kier molecular flexibility index (Phi) is 9.06. The normalized spacial score (nSPS) is 12.1. The fourth-order valence-electron chi connectivity index (χ4n) is 10.5. The van der Waals surface area contributed by atoms with Crippen LogP contribution in [0.15, 0.2) is 203 Å². The van der Waals surface area contributed by atoms with E-state index >= 15 is 0 Å². The van der Waals surface area contributed by atoms with Crippen molar-refractivity contribution >= 4 is 131 Å². The van der Waals surface area contributed by atoms with Crippen molar-refractivity contribution in [2.75, 3.05) is 9.80 Å². The molecule has 0 unspecified atom stereocenters. The zero-order valence-electron chi connectivity index (χ0n) is 37.7. The monoisotopic (exact) mass is 882 g/mol. The second kappa shape index (κ2) is 15.4. The molecular formula is C62H46N2O2S. The first-order valence-electron chi connectivity index (χ1n) is 23.3. The number of thiophene rings is 1. The SMILES string of the molecule is CC(C)c1ccc(N(c2cc3sc4cc(N(c5ccc(C(C)C)cc5)c5cccc6c5oc5ccccc56)c5ccccc5c4c3c3ccccc23)c2cccc3c2oc2ccccc23)cc1. The lowest BCUT2D eigenvalue weighted by Gasteiger charge is -2.28. The van der Waals surface area contributed by atoms with Crippen molar-refractivity contribution in [3.63, 3.8) is 0 Å². The van der Waals surface area contributed by atoms with Crippen LogP contribution in [0.4, 0.5) is 34.1 Å². The number of furan rings is 2. The van der Waals surface area contributed by atoms with Gasteiger partial charge in [-0.05, 0) is 94.4 Å². The van der Waals surface area contributed by atoms with Gasteiger partial charge in [0, 0.05) is 63.9 Å². The van der Waals surface area contributed by atoms with Gasteiger partial charge in [0.1, 0.15) is 11.2 Å². The molecule has 0 amide bonds. The van der Waals surface area contributed by atoms with Gasteiger partial charge in [-0.2, -0.15) is 0 Å². The van der Waals surface area contributed by atoms with Gasteiger partial charge in [0.2, 0.25) is 0 Å². The molecule has 0 spiro atoms. The van der Waals surface area contributed by atoms with Gasteiger partial charge in [-0.15, -0.1) is 11.3 Å². The van der Waals surface area contributed by atoms with Crippen molar-refractivity contribution in [1.82, 2.24) is 0 Å². The lowest BCUT2D eigenvalue weighted by atomic mass is 9.96. The molecule has 0 N–H and O–H groups in total. The summed E-state index contributed by atoms with van der Waals surface area (Å²) in [6.45, 7) is 9.00. The molecular weight excluding hydrogens is 837 g/mol. The van der Waals surface area contributed by atoms with Crippen molar-refractivity contribution in [3.8, 4) is 0 Å². The average molecular weight is 883 g/mol. The van der Waals surface area contributed by atoms with E-state index < -0.39 is 0 Å². The van der Waals surface area contributed by atoms with Crippen LogP contribution in [-0.2, 0) is 0 Å². The predicted molar refractivity (Wildman–Crippen MR) is 286 cm³/mol. The summed E-state index contributed by atoms with van der Waals surface area (Å²) in [7, 11) is 0. The van der Waals surface area contributed by atoms with E-state index in [1.54, 1.807) is 0 Å². The molecule has 10 aromatic carbocycles. The third-order valence-electron chi connectivity index (χ3n) is 13.8. The Morgan fingerprint density at radius 3 is 1.10 bits per heavy atom. The van der Waals surface area contributed by atoms with E-state index in [1.807, 2.05) is 23.5 Å². The number of hydrogen-bond donors (Lipinski definition) is 0. The number of benzene rings is 10. The Labute approximate surface area is 392 Å². The summed E-state index contributed by atoms with van der Waals surface area (Å²) in [5.74, 6) is 0.831. The molecule has 5 heteroatoms. The van der Waals surface area contributed by atoms with Gasteiger partial charge in [-0.3, -0.25) is 0 Å². The summed E-state index contributed by atoms with van der Waals surface area (Å²) in [4.78, 5) is 4.84. The van der Waals surface area contributed by atoms with Crippen molar-refractivity contribution in [2.24, 2.45) is 0 Å². The van der Waals surface area contributed by atoms with Crippen LogP contribution in [0.3, 0.4) is 0 Å². The second-order valence-corrected chi connectivity index (χ2v) is 19.5. The Morgan fingerprint density at radius 2 is 0.701 bits per heavy atom. The van der Waals surface area contributed by atoms with Gasteiger partial charge >= 0.3 is 0 Å². The Balaban J connectivity index is 1.10. The fraction of sp³-hybridized carbons (Fsp3) is 0.0968. The molecule has 0 aliphatic carbocycles. The van der Waals surface area contributed by atoms with E-state index in [0.29, 0.717) is 11.8 Å². The largest absolute Gasteiger partial charge is 0.454 e. The number of anilines is 6. The molecule has 0 aliphatic rings. The first-order chi connectivity index (χ1) is 32.9. The van der Waals surface area contributed by atoms with Crippen LogP contribution in [0.5, 0.6) is 0 Å². The fourth-order valence-corrected chi connectivity index (χ4v) is 11.7. The molecule has 13 rings (SSSR count). The van der Waals surface area contributed by atoms with E-state index in [4.69, 9.17) is 8.83 Å². The quantitative estimate of drug-likeness (QED) is 0.152. The van der Waals surface area contributed by atoms with Crippen LogP contribution < -0.4 is 9.80 Å². The summed E-state index contributed by atoms with van der Waals surface area (Å²) < 4.78 is 16.0. The highest BCUT2D eigenvalue weighted by molar-refractivity contribution is 7.26. The molecule has 0 aliphatic heterocycles. The van der Waals surface area contributed by atoms with Crippen LogP contribution >= 0.6 is 11.3 Å². The van der Waals surface area contributed by atoms with Gasteiger partial charge in [-0.25, -0.2) is 0 Å². The van der Waals surface area contributed by atoms with Crippen LogP contribution in [-0.4, -0.2) is 0 Å². The smallest absolute Gasteiger partial charge is 0.159 e. The predicted octanol–water partition coefficient (Wildman–Crippen LogP) is 19.3. The summed E-state index contributed by atoms with van der Waals surface area (Å²) in [6, 6.07) is 70.7. The molecule has 0 bridgehead atoms. The standard InChI is InChI=1S/C62H46N2O2S/c1-37(2)39-27-31-41(32-28-39)63(51-23-13-21-49-45-17-9-11-25-55(45)65-61(49)51)53-35-57-59(47-19-7-5-15-43(47)53)60-48-20-8-6-16-44(48)54(36-58(60)67-57)64(42-33-29-40(30-34-42)38(3)4)52-24-14-22-50-46-18-10-12-26-56(46)66-62(50)52/h5-38H,1-4H3. The van der Waals surface area contributed by atoms with E-state index in [1.165, 1.54) is 52.8 Å². The maximum absolute atomic E-state index is 6.79. The van der Waals surface area contributed by atoms with Crippen molar-refractivity contribution in [2.45, 2.75) is 39.5 Å². The molecule has 0 atom stereocenters. The van der Waals surface area contributed by atoms with Gasteiger partial charge < -0.3 is 18.6 Å². The highest BCUT2D eigenvalue weighted by Gasteiger charge is 2.27. The Hall–Kier alpha value is -7.86. The highest BCUT2D eigenvalue weighted by Crippen LogP contribution is 2.53. The average Bonchev–Trinajstić information content (AvgIpc) is 4.07. The third-order valence-corrected chi connectivity index (χ3v) is 14.9. The summed E-state index contributed by atoms with van der Waals surface area (Å²) in [6.07, 6.45) is 0. The number of para-hydroxylation sites is 4. The van der Waals surface area contributed by atoms with E-state index in [9.17, 15) is 0 Å². The van der Waals surface area contributed by atoms with Gasteiger partial charge in [-0.1, -0.05) is 161 Å². The molecule has 0 saturated carbocycles. The van der Waals surface area contributed by atoms with Crippen LogP contribution in [0, 0.1) is 0 Å². The van der Waals surface area contributed by atoms with Crippen LogP contribution in [0.2, 0.25) is 0 Å². The molecule has 3 heterocycles. The van der Waals surface area contributed by atoms with Crippen molar-refractivity contribution < 1.29 is 8.83 Å². The molecule has 4 nitrogen and oxygen atoms in total. The number of rotatable bonds is 8. The van der Waals surface area contributed by atoms with Crippen molar-refractivity contribution in [1.29, 1.82) is 0 Å². The molecule has 0 fully saturated rings. The van der Waals surface area contributed by atoms with Crippen LogP contribution in [0.1, 0.15) is 50.7 Å². The minimum Gasteiger partial charge on any atom is -0.454 e. The zero-order valence-corrected chi connectivity index (χ0v) is 38.6. The Bertz CT molecular complexity index is 3800. The minimum atomic E-state index is 0.415. The van der Waals surface area contributed by atoms with E-state index in [2.05, 4.69) is 219 Å². The maximum Gasteiger partial charge on any atom is 0.159 e. The molecule has 322 valence electrons. The van der Waals surface area contributed by atoms with Gasteiger partial charge in [0.15, 0.2) is 11.2 Å². The summed E-state index contributed by atoms with van der Waals surface area (Å²) in [5.41, 5.74) is 12.5. The Morgan fingerprint density at radius 1 is 0.343 bits per heavy atom. The number of fused-ring (bicyclic) bond motifs is 13. The first kappa shape index (κ1) is 39.5. The summed E-state index contributed by atoms with van der Waals surface area (Å²) >= 11 is 1.86. The number of nitrogens with zero attached hydrogens (tertiary/aromatic N) is 2. The summed E-state index contributed by atoms with van der Waals surface area (Å²) in [5, 5.41) is 11.7. The first-order valence-corrected chi connectivity index (χ1v) is 24.1. The number of hydrogen-bond acceptors (Lipinski definition) is 5. The second-order valence-electron chi connectivity index (χ2n) is 18.4. The van der Waals surface area contributed by atoms with Gasteiger partial charge in [0.05, 0.1) is 22.7 Å². The molecule has 0 radical (unpaired) electrons. The van der Waals surface area contributed by atoms with Gasteiger partial charge in [0.25, 0.3) is 0 Å². The molecule has 67 heavy (non-hydrogen) atoms. The third kappa shape index (κ3) is 6.18. The zero-order chi connectivity index (χ0) is 44.9. The lowest BCUT2D eigenvalue weighted by molar-refractivity contribution is 0.669. The van der Waals surface area contributed by atoms with Crippen molar-refractivity contribution in [3.05, 3.63) is 205 Å².